The summed E-state index contributed by atoms with van der Waals surface area (Å²) < 4.78 is 27.0. The third kappa shape index (κ3) is 5.54. The van der Waals surface area contributed by atoms with E-state index in [9.17, 15) is 23.5 Å². The molecule has 3 N–H and O–H groups in total. The number of hydrogen-bond donors (Lipinski definition) is 2. The number of benzene rings is 1. The predicted molar refractivity (Wildman–Crippen MR) is 121 cm³/mol. The molecule has 2 aliphatic heterocycles. The molecule has 3 aliphatic rings. The number of carbonyl (C=O) groups is 2. The first-order chi connectivity index (χ1) is 15.8. The van der Waals surface area contributed by atoms with Gasteiger partial charge in [0.05, 0.1) is 0 Å². The molecule has 1 aromatic carbocycles. The van der Waals surface area contributed by atoms with Crippen LogP contribution in [0.15, 0.2) is 24.3 Å². The summed E-state index contributed by atoms with van der Waals surface area (Å²) in [7, 11) is 0. The van der Waals surface area contributed by atoms with Crippen molar-refractivity contribution in [3.63, 3.8) is 0 Å². The first-order valence-electron chi connectivity index (χ1n) is 12.2. The van der Waals surface area contributed by atoms with Crippen LogP contribution in [-0.4, -0.2) is 71.0 Å². The van der Waals surface area contributed by atoms with E-state index in [0.717, 1.165) is 31.2 Å². The van der Waals surface area contributed by atoms with Gasteiger partial charge in [0.2, 0.25) is 17.7 Å². The Labute approximate surface area is 194 Å². The SMILES string of the molecule is NC(=O)c1ccccc1C1CC2CCC(C1)N2CCN(CC1CCC(F)(F)CC1)C(=O)CO. The molecule has 4 rings (SSSR count). The van der Waals surface area contributed by atoms with Gasteiger partial charge in [-0.25, -0.2) is 8.78 Å². The zero-order valence-electron chi connectivity index (χ0n) is 19.1. The molecule has 2 amide bonds. The van der Waals surface area contributed by atoms with Crippen LogP contribution >= 0.6 is 0 Å². The molecule has 2 saturated heterocycles. The molecule has 6 nitrogen and oxygen atoms in total. The molecule has 2 atom stereocenters. The lowest BCUT2D eigenvalue weighted by molar-refractivity contribution is -0.135. The molecule has 0 aromatic heterocycles. The maximum Gasteiger partial charge on any atom is 0.248 e. The van der Waals surface area contributed by atoms with Crippen LogP contribution in [0.1, 0.15) is 73.2 Å². The number of piperidine rings is 1. The standard InChI is InChI=1S/C25H35F2N3O3/c26-25(27)9-7-17(8-10-25)15-29(23(32)16-31)11-12-30-19-5-6-20(30)14-18(13-19)21-3-1-2-4-22(21)24(28)33/h1-4,17-20,31H,5-16H2,(H2,28,33). The molecule has 1 saturated carbocycles. The van der Waals surface area contributed by atoms with Crippen LogP contribution in [0.4, 0.5) is 8.78 Å². The van der Waals surface area contributed by atoms with E-state index >= 15 is 0 Å². The molecule has 8 heteroatoms. The molecule has 33 heavy (non-hydrogen) atoms. The summed E-state index contributed by atoms with van der Waals surface area (Å²) in [5.74, 6) is -2.95. The lowest BCUT2D eigenvalue weighted by atomic mass is 9.82. The van der Waals surface area contributed by atoms with Crippen LogP contribution in [0.3, 0.4) is 0 Å². The fourth-order valence-corrected chi connectivity index (χ4v) is 6.22. The normalized spacial score (nSPS) is 27.4. The van der Waals surface area contributed by atoms with Crippen molar-refractivity contribution < 1.29 is 23.5 Å². The highest BCUT2D eigenvalue weighted by molar-refractivity contribution is 5.94. The average Bonchev–Trinajstić information content (AvgIpc) is 3.03. The summed E-state index contributed by atoms with van der Waals surface area (Å²) in [4.78, 5) is 28.4. The minimum atomic E-state index is -2.58. The molecule has 0 spiro atoms. The third-order valence-electron chi connectivity index (χ3n) is 7.98. The Kier molecular flexibility index (Phi) is 7.34. The van der Waals surface area contributed by atoms with Crippen molar-refractivity contribution in [3.8, 4) is 0 Å². The van der Waals surface area contributed by atoms with Gasteiger partial charge in [-0.15, -0.1) is 0 Å². The summed E-state index contributed by atoms with van der Waals surface area (Å²) >= 11 is 0. The highest BCUT2D eigenvalue weighted by Crippen LogP contribution is 2.43. The molecule has 2 bridgehead atoms. The molecule has 2 unspecified atom stereocenters. The lowest BCUT2D eigenvalue weighted by Gasteiger charge is -2.41. The number of rotatable bonds is 8. The molecular weight excluding hydrogens is 428 g/mol. The second-order valence-corrected chi connectivity index (χ2v) is 10.0. The number of halogens is 2. The number of amides is 2. The van der Waals surface area contributed by atoms with Crippen molar-refractivity contribution in [1.29, 1.82) is 0 Å². The van der Waals surface area contributed by atoms with Gasteiger partial charge < -0.3 is 15.7 Å². The Bertz CT molecular complexity index is 841. The number of carbonyl (C=O) groups excluding carboxylic acids is 2. The van der Waals surface area contributed by atoms with E-state index in [1.807, 2.05) is 18.2 Å². The van der Waals surface area contributed by atoms with E-state index in [1.165, 1.54) is 0 Å². The van der Waals surface area contributed by atoms with E-state index in [0.29, 0.717) is 56.0 Å². The van der Waals surface area contributed by atoms with Gasteiger partial charge in [0.1, 0.15) is 6.61 Å². The van der Waals surface area contributed by atoms with Gasteiger partial charge in [-0.05, 0) is 62.0 Å². The van der Waals surface area contributed by atoms with Gasteiger partial charge in [-0.3, -0.25) is 14.5 Å². The minimum absolute atomic E-state index is 0.0629. The number of fused-ring (bicyclic) bond motifs is 2. The van der Waals surface area contributed by atoms with Crippen LogP contribution in [-0.2, 0) is 4.79 Å². The summed E-state index contributed by atoms with van der Waals surface area (Å²) in [5, 5.41) is 9.44. The smallest absolute Gasteiger partial charge is 0.248 e. The lowest BCUT2D eigenvalue weighted by Crippen LogP contribution is -2.48. The van der Waals surface area contributed by atoms with E-state index in [-0.39, 0.29) is 30.6 Å². The summed E-state index contributed by atoms with van der Waals surface area (Å²) in [6.07, 6.45) is 4.67. The van der Waals surface area contributed by atoms with Gasteiger partial charge >= 0.3 is 0 Å². The second kappa shape index (κ2) is 10.1. The minimum Gasteiger partial charge on any atom is -0.387 e. The second-order valence-electron chi connectivity index (χ2n) is 10.0. The van der Waals surface area contributed by atoms with Gasteiger partial charge in [0.25, 0.3) is 0 Å². The number of hydrogen-bond acceptors (Lipinski definition) is 4. The van der Waals surface area contributed by atoms with Crippen LogP contribution < -0.4 is 5.73 Å². The quantitative estimate of drug-likeness (QED) is 0.620. The van der Waals surface area contributed by atoms with Crippen LogP contribution in [0, 0.1) is 5.92 Å². The van der Waals surface area contributed by atoms with Crippen molar-refractivity contribution in [2.45, 2.75) is 75.3 Å². The van der Waals surface area contributed by atoms with Crippen LogP contribution in [0.25, 0.3) is 0 Å². The van der Waals surface area contributed by atoms with Gasteiger partial charge in [0.15, 0.2) is 0 Å². The largest absolute Gasteiger partial charge is 0.387 e. The number of nitrogens with zero attached hydrogens (tertiary/aromatic N) is 2. The zero-order chi connectivity index (χ0) is 23.6. The van der Waals surface area contributed by atoms with Gasteiger partial charge in [0, 0.05) is 50.1 Å². The molecule has 182 valence electrons. The monoisotopic (exact) mass is 463 g/mol. The van der Waals surface area contributed by atoms with Crippen LogP contribution in [0.2, 0.25) is 0 Å². The Balaban J connectivity index is 1.36. The van der Waals surface area contributed by atoms with Crippen molar-refractivity contribution >= 4 is 11.8 Å². The first-order valence-corrected chi connectivity index (χ1v) is 12.2. The van der Waals surface area contributed by atoms with Crippen molar-refractivity contribution in [3.05, 3.63) is 35.4 Å². The van der Waals surface area contributed by atoms with Gasteiger partial charge in [-0.1, -0.05) is 18.2 Å². The Morgan fingerprint density at radius 2 is 1.73 bits per heavy atom. The first kappa shape index (κ1) is 24.1. The molecule has 1 aliphatic carbocycles. The highest BCUT2D eigenvalue weighted by atomic mass is 19.3. The maximum atomic E-state index is 13.5. The Morgan fingerprint density at radius 1 is 1.09 bits per heavy atom. The van der Waals surface area contributed by atoms with Crippen LogP contribution in [0.5, 0.6) is 0 Å². The maximum absolute atomic E-state index is 13.5. The van der Waals surface area contributed by atoms with E-state index in [4.69, 9.17) is 5.73 Å². The summed E-state index contributed by atoms with van der Waals surface area (Å²) in [6, 6.07) is 8.37. The molecular formula is C25H35F2N3O3. The van der Waals surface area contributed by atoms with Crippen molar-refractivity contribution in [1.82, 2.24) is 9.80 Å². The molecule has 0 radical (unpaired) electrons. The predicted octanol–water partition coefficient (Wildman–Crippen LogP) is 3.14. The summed E-state index contributed by atoms with van der Waals surface area (Å²) in [6.45, 7) is 1.10. The molecule has 3 fully saturated rings. The van der Waals surface area contributed by atoms with Crippen molar-refractivity contribution in [2.24, 2.45) is 11.7 Å². The average molecular weight is 464 g/mol. The van der Waals surface area contributed by atoms with E-state index in [2.05, 4.69) is 4.90 Å². The number of primary amides is 1. The topological polar surface area (TPSA) is 86.9 Å². The Morgan fingerprint density at radius 3 is 2.33 bits per heavy atom. The fraction of sp³-hybridized carbons (Fsp3) is 0.680. The van der Waals surface area contributed by atoms with Crippen molar-refractivity contribution in [2.75, 3.05) is 26.2 Å². The third-order valence-corrected chi connectivity index (χ3v) is 7.98. The zero-order valence-corrected chi connectivity index (χ0v) is 19.1. The van der Waals surface area contributed by atoms with Gasteiger partial charge in [-0.2, -0.15) is 0 Å². The van der Waals surface area contributed by atoms with E-state index in [1.54, 1.807) is 11.0 Å². The summed E-state index contributed by atoms with van der Waals surface area (Å²) in [5.41, 5.74) is 7.24. The number of aliphatic hydroxyl groups excluding tert-OH is 1. The Hall–Kier alpha value is -2.06. The molecule has 1 aromatic rings. The number of alkyl halides is 2. The number of nitrogens with two attached hydrogens (primary N) is 1. The number of aliphatic hydroxyl groups is 1. The highest BCUT2D eigenvalue weighted by Gasteiger charge is 2.42. The molecule has 2 heterocycles. The van der Waals surface area contributed by atoms with E-state index < -0.39 is 12.5 Å². The fourth-order valence-electron chi connectivity index (χ4n) is 6.22.